The normalized spacial score (nSPS) is 19.1. The first-order valence-corrected chi connectivity index (χ1v) is 13.5. The average molecular weight is 524 g/mol. The molecule has 0 saturated carbocycles. The maximum Gasteiger partial charge on any atom is 0.410 e. The summed E-state index contributed by atoms with van der Waals surface area (Å²) in [4.78, 5) is 37.2. The zero-order valence-electron chi connectivity index (χ0n) is 21.7. The van der Waals surface area contributed by atoms with Crippen LogP contribution >= 0.6 is 11.3 Å². The van der Waals surface area contributed by atoms with E-state index in [0.29, 0.717) is 26.1 Å². The van der Waals surface area contributed by atoms with Gasteiger partial charge in [-0.1, -0.05) is 0 Å². The molecule has 2 fully saturated rings. The largest absolute Gasteiger partial charge is 0.489 e. The van der Waals surface area contributed by atoms with Crippen LogP contribution < -0.4 is 15.0 Å². The van der Waals surface area contributed by atoms with Crippen molar-refractivity contribution in [1.29, 1.82) is 0 Å². The first-order chi connectivity index (χ1) is 17.7. The first-order valence-electron chi connectivity index (χ1n) is 12.7. The number of piperazine rings is 1. The standard InChI is InChI=1S/C27H33N5O4S/c1-17(19-13-24(33)29-14-19)35-23-12-18(11-22-25(23)37-16-30-22)21-6-5-20(15-28-21)31-7-9-32(10-8-31)26(34)36-27(2,3)4/h5-6,11-12,15-17,19H,7-10,13-14H2,1-4H3,(H,29,33). The number of aromatic nitrogens is 2. The van der Waals surface area contributed by atoms with Gasteiger partial charge in [0.05, 0.1) is 33.3 Å². The minimum Gasteiger partial charge on any atom is -0.489 e. The molecule has 2 aromatic heterocycles. The van der Waals surface area contributed by atoms with E-state index in [4.69, 9.17) is 14.5 Å². The van der Waals surface area contributed by atoms with Gasteiger partial charge in [-0.25, -0.2) is 9.78 Å². The van der Waals surface area contributed by atoms with Crippen molar-refractivity contribution in [2.24, 2.45) is 5.92 Å². The van der Waals surface area contributed by atoms with Gasteiger partial charge in [-0.2, -0.15) is 0 Å². The number of hydrogen-bond donors (Lipinski definition) is 1. The number of carbonyl (C=O) groups excluding carboxylic acids is 2. The molecule has 1 N–H and O–H groups in total. The van der Waals surface area contributed by atoms with Crippen LogP contribution in [0.4, 0.5) is 10.5 Å². The van der Waals surface area contributed by atoms with Gasteiger partial charge in [0.1, 0.15) is 17.5 Å². The van der Waals surface area contributed by atoms with E-state index in [2.05, 4.69) is 21.3 Å². The first kappa shape index (κ1) is 25.3. The summed E-state index contributed by atoms with van der Waals surface area (Å²) in [5.41, 5.74) is 4.98. The number of nitrogens with zero attached hydrogens (tertiary/aromatic N) is 4. The van der Waals surface area contributed by atoms with Gasteiger partial charge >= 0.3 is 6.09 Å². The lowest BCUT2D eigenvalue weighted by molar-refractivity contribution is -0.119. The Kier molecular flexibility index (Phi) is 6.94. The maximum atomic E-state index is 12.4. The second kappa shape index (κ2) is 10.2. The molecule has 3 aromatic rings. The van der Waals surface area contributed by atoms with Crippen molar-refractivity contribution in [2.45, 2.75) is 45.8 Å². The van der Waals surface area contributed by atoms with Crippen molar-refractivity contribution in [3.8, 4) is 17.0 Å². The molecule has 0 bridgehead atoms. The molecular formula is C27H33N5O4S. The number of hydrogen-bond acceptors (Lipinski definition) is 8. The number of benzene rings is 1. The van der Waals surface area contributed by atoms with Crippen LogP contribution in [0.3, 0.4) is 0 Å². The predicted molar refractivity (Wildman–Crippen MR) is 144 cm³/mol. The fourth-order valence-electron chi connectivity index (χ4n) is 4.65. The van der Waals surface area contributed by atoms with Gasteiger partial charge in [-0.05, 0) is 52.0 Å². The molecule has 37 heavy (non-hydrogen) atoms. The molecule has 4 heterocycles. The molecule has 0 aliphatic carbocycles. The highest BCUT2D eigenvalue weighted by Gasteiger charge is 2.29. The summed E-state index contributed by atoms with van der Waals surface area (Å²) in [7, 11) is 0. The third-order valence-corrected chi connectivity index (χ3v) is 7.58. The Balaban J connectivity index is 1.28. The SMILES string of the molecule is CC(Oc1cc(-c2ccc(N3CCN(C(=O)OC(C)(C)C)CC3)cn2)cc2ncsc12)C1CNC(=O)C1. The quantitative estimate of drug-likeness (QED) is 0.532. The Morgan fingerprint density at radius 3 is 2.59 bits per heavy atom. The zero-order valence-corrected chi connectivity index (χ0v) is 22.5. The van der Waals surface area contributed by atoms with Crippen LogP contribution in [0.2, 0.25) is 0 Å². The molecule has 5 rings (SSSR count). The third-order valence-electron chi connectivity index (χ3n) is 6.72. The monoisotopic (exact) mass is 523 g/mol. The molecule has 2 aliphatic rings. The fourth-order valence-corrected chi connectivity index (χ4v) is 5.37. The van der Waals surface area contributed by atoms with E-state index in [1.807, 2.05) is 57.6 Å². The van der Waals surface area contributed by atoms with Gasteiger partial charge in [-0.15, -0.1) is 11.3 Å². The maximum absolute atomic E-state index is 12.4. The smallest absolute Gasteiger partial charge is 0.410 e. The average Bonchev–Trinajstić information content (AvgIpc) is 3.52. The zero-order chi connectivity index (χ0) is 26.2. The Morgan fingerprint density at radius 2 is 1.95 bits per heavy atom. The minimum atomic E-state index is -0.495. The second-order valence-corrected chi connectivity index (χ2v) is 11.5. The van der Waals surface area contributed by atoms with Crippen molar-refractivity contribution in [3.05, 3.63) is 36.0 Å². The van der Waals surface area contributed by atoms with Crippen LogP contribution in [0.15, 0.2) is 36.0 Å². The minimum absolute atomic E-state index is 0.0766. The summed E-state index contributed by atoms with van der Waals surface area (Å²) in [5.74, 6) is 0.992. The van der Waals surface area contributed by atoms with Gasteiger partial charge in [0, 0.05) is 50.6 Å². The van der Waals surface area contributed by atoms with Crippen molar-refractivity contribution < 1.29 is 19.1 Å². The van der Waals surface area contributed by atoms with E-state index in [1.54, 1.807) is 16.2 Å². The molecule has 9 nitrogen and oxygen atoms in total. The van der Waals surface area contributed by atoms with Crippen LogP contribution in [0.25, 0.3) is 21.5 Å². The van der Waals surface area contributed by atoms with Crippen LogP contribution in [-0.2, 0) is 9.53 Å². The van der Waals surface area contributed by atoms with E-state index in [0.717, 1.165) is 46.0 Å². The lowest BCUT2D eigenvalue weighted by atomic mass is 10.0. The second-order valence-electron chi connectivity index (χ2n) is 10.6. The Hall–Kier alpha value is -3.40. The van der Waals surface area contributed by atoms with E-state index in [9.17, 15) is 9.59 Å². The topological polar surface area (TPSA) is 96.9 Å². The summed E-state index contributed by atoms with van der Waals surface area (Å²) >= 11 is 1.55. The van der Waals surface area contributed by atoms with E-state index in [-0.39, 0.29) is 24.0 Å². The van der Waals surface area contributed by atoms with Gasteiger partial charge in [-0.3, -0.25) is 9.78 Å². The van der Waals surface area contributed by atoms with Gasteiger partial charge < -0.3 is 24.6 Å². The summed E-state index contributed by atoms with van der Waals surface area (Å²) in [6.07, 6.45) is 2.00. The van der Waals surface area contributed by atoms with Gasteiger partial charge in [0.15, 0.2) is 0 Å². The fraction of sp³-hybridized carbons (Fsp3) is 0.481. The molecular weight excluding hydrogens is 490 g/mol. The summed E-state index contributed by atoms with van der Waals surface area (Å²) in [6, 6.07) is 8.13. The van der Waals surface area contributed by atoms with E-state index >= 15 is 0 Å². The predicted octanol–water partition coefficient (Wildman–Crippen LogP) is 4.32. The van der Waals surface area contributed by atoms with Gasteiger partial charge in [0.2, 0.25) is 5.91 Å². The van der Waals surface area contributed by atoms with Gasteiger partial charge in [0.25, 0.3) is 0 Å². The lowest BCUT2D eigenvalue weighted by Gasteiger charge is -2.36. The molecule has 1 aromatic carbocycles. The number of thiazole rings is 1. The number of pyridine rings is 1. The number of fused-ring (bicyclic) bond motifs is 1. The summed E-state index contributed by atoms with van der Waals surface area (Å²) in [5, 5.41) is 2.89. The number of amides is 2. The Bertz CT molecular complexity index is 1280. The summed E-state index contributed by atoms with van der Waals surface area (Å²) in [6.45, 7) is 11.0. The molecule has 2 aliphatic heterocycles. The van der Waals surface area contributed by atoms with Crippen LogP contribution in [-0.4, -0.2) is 71.3 Å². The van der Waals surface area contributed by atoms with Crippen molar-refractivity contribution in [3.63, 3.8) is 0 Å². The molecule has 2 unspecified atom stereocenters. The highest BCUT2D eigenvalue weighted by Crippen LogP contribution is 2.36. The molecule has 2 amide bonds. The number of anilines is 1. The van der Waals surface area contributed by atoms with Crippen molar-refractivity contribution in [1.82, 2.24) is 20.2 Å². The molecule has 2 atom stereocenters. The Labute approximate surface area is 220 Å². The van der Waals surface area contributed by atoms with E-state index in [1.165, 1.54) is 0 Å². The van der Waals surface area contributed by atoms with Crippen molar-refractivity contribution in [2.75, 3.05) is 37.6 Å². The highest BCUT2D eigenvalue weighted by molar-refractivity contribution is 7.17. The lowest BCUT2D eigenvalue weighted by Crippen LogP contribution is -2.50. The molecule has 10 heteroatoms. The number of nitrogens with one attached hydrogen (secondary N) is 1. The van der Waals surface area contributed by atoms with Crippen LogP contribution in [0, 0.1) is 5.92 Å². The highest BCUT2D eigenvalue weighted by atomic mass is 32.1. The van der Waals surface area contributed by atoms with E-state index < -0.39 is 5.60 Å². The molecule has 0 radical (unpaired) electrons. The number of rotatable bonds is 5. The molecule has 0 spiro atoms. The number of carbonyl (C=O) groups is 2. The van der Waals surface area contributed by atoms with Crippen LogP contribution in [0.1, 0.15) is 34.1 Å². The Morgan fingerprint density at radius 1 is 1.16 bits per heavy atom. The summed E-state index contributed by atoms with van der Waals surface area (Å²) < 4.78 is 12.8. The molecule has 196 valence electrons. The van der Waals surface area contributed by atoms with Crippen LogP contribution in [0.5, 0.6) is 5.75 Å². The van der Waals surface area contributed by atoms with Crippen molar-refractivity contribution >= 4 is 39.2 Å². The third kappa shape index (κ3) is 5.79. The molecule has 2 saturated heterocycles. The number of ether oxygens (including phenoxy) is 2.